The van der Waals surface area contributed by atoms with Gasteiger partial charge in [-0.05, 0) is 30.2 Å². The maximum absolute atomic E-state index is 15.4. The molecule has 0 saturated carbocycles. The lowest BCUT2D eigenvalue weighted by Crippen LogP contribution is -2.81. The van der Waals surface area contributed by atoms with E-state index in [2.05, 4.69) is 27.1 Å². The predicted molar refractivity (Wildman–Crippen MR) is 194 cm³/mol. The molecule has 1 nitrogen and oxygen atoms in total. The summed E-state index contributed by atoms with van der Waals surface area (Å²) in [5, 5.41) is 2.90. The zero-order valence-electron chi connectivity index (χ0n) is 30.7. The Bertz CT molecular complexity index is 2590. The van der Waals surface area contributed by atoms with E-state index >= 15 is 35.1 Å². The zero-order chi connectivity index (χ0) is 48.1. The Morgan fingerprint density at radius 2 is 0.656 bits per heavy atom. The number of hydrogen-bond acceptors (Lipinski definition) is 1. The highest BCUT2D eigenvalue weighted by Gasteiger charge is 2.52. The predicted octanol–water partition coefficient (Wildman–Crippen LogP) is 9.93. The van der Waals surface area contributed by atoms with Crippen molar-refractivity contribution in [3.63, 3.8) is 0 Å². The molecule has 0 N–H and O–H groups in total. The highest BCUT2D eigenvalue weighted by molar-refractivity contribution is 9.10. The Kier molecular flexibility index (Phi) is 14.1. The van der Waals surface area contributed by atoms with Crippen LogP contribution in [0.1, 0.15) is 11.1 Å². The van der Waals surface area contributed by atoms with E-state index in [1.807, 2.05) is 54.6 Å². The molecule has 24 heteroatoms. The van der Waals surface area contributed by atoms with E-state index in [4.69, 9.17) is 0 Å². The van der Waals surface area contributed by atoms with Crippen molar-refractivity contribution in [3.05, 3.63) is 187 Å². The third-order valence-corrected chi connectivity index (χ3v) is 11.2. The quantitative estimate of drug-likeness (QED) is 0.0406. The van der Waals surface area contributed by atoms with Crippen LogP contribution in [0.2, 0.25) is 0 Å². The first-order valence-electron chi connectivity index (χ1n) is 16.8. The number of halogens is 21. The molecular weight excluding hydrogens is 999 g/mol. The summed E-state index contributed by atoms with van der Waals surface area (Å²) in [6, 6.07) is 17.5. The van der Waals surface area contributed by atoms with Gasteiger partial charge in [-0.2, -0.15) is 0 Å². The SMILES string of the molecule is C[S+](=O)(C#Cc1ccccc1)Cc1ccc(Br)cc1.Fc1c(F)c(F)c([B-](c2c(F)c(F)c(F)c(F)c2F)(c2c(F)c(F)c(F)c(F)c2F)c2c(F)c(F)c(F)c(F)c2F)c(F)c1F. The zero-order valence-corrected chi connectivity index (χ0v) is 33.1. The number of hydrogen-bond donors (Lipinski definition) is 0. The molecule has 0 bridgehead atoms. The second-order valence-electron chi connectivity index (χ2n) is 13.2. The highest BCUT2D eigenvalue weighted by Crippen LogP contribution is 2.31. The molecule has 0 radical (unpaired) electrons. The topological polar surface area (TPSA) is 17.1 Å². The molecule has 0 aromatic heterocycles. The van der Waals surface area contributed by atoms with Gasteiger partial charge in [0.2, 0.25) is 0 Å². The minimum atomic E-state index is -7.22. The Labute approximate surface area is 354 Å². The molecule has 0 amide bonds. The summed E-state index contributed by atoms with van der Waals surface area (Å²) in [5.41, 5.74) is -12.4. The molecule has 1 unspecified atom stereocenters. The smallest absolute Gasteiger partial charge is 0.200 e. The molecule has 6 rings (SSSR count). The minimum absolute atomic E-state index is 0.486. The summed E-state index contributed by atoms with van der Waals surface area (Å²) in [6.07, 6.45) is -5.50. The van der Waals surface area contributed by atoms with Gasteiger partial charge in [0, 0.05) is 15.6 Å². The summed E-state index contributed by atoms with van der Waals surface area (Å²) in [7, 11) is -2.17. The lowest BCUT2D eigenvalue weighted by molar-refractivity contribution is 0.378. The van der Waals surface area contributed by atoms with Crippen molar-refractivity contribution in [1.82, 2.24) is 0 Å². The molecule has 0 aliphatic carbocycles. The monoisotopic (exact) mass is 1010 g/mol. The van der Waals surface area contributed by atoms with Gasteiger partial charge in [0.25, 0.3) is 0 Å². The van der Waals surface area contributed by atoms with Gasteiger partial charge in [0.05, 0.1) is 0 Å². The van der Waals surface area contributed by atoms with Crippen LogP contribution in [0.4, 0.5) is 87.8 Å². The van der Waals surface area contributed by atoms with Crippen molar-refractivity contribution < 1.29 is 92.0 Å². The molecule has 0 aliphatic rings. The van der Waals surface area contributed by atoms with Gasteiger partial charge in [-0.1, -0.05) is 50.5 Å². The van der Waals surface area contributed by atoms with E-state index < -0.39 is 154 Å². The largest absolute Gasteiger partial charge is 0.207 e. The Hall–Kier alpha value is -5.83. The van der Waals surface area contributed by atoms with Gasteiger partial charge in [0.1, 0.15) is 64.7 Å². The van der Waals surface area contributed by atoms with E-state index in [0.29, 0.717) is 5.75 Å². The fraction of sp³-hybridized carbons (Fsp3) is 0.0500. The Morgan fingerprint density at radius 1 is 0.406 bits per heavy atom. The van der Waals surface area contributed by atoms with Crippen LogP contribution >= 0.6 is 15.9 Å². The number of benzene rings is 6. The van der Waals surface area contributed by atoms with Crippen LogP contribution in [0, 0.1) is 128 Å². The van der Waals surface area contributed by atoms with Crippen LogP contribution in [-0.2, 0) is 19.9 Å². The minimum Gasteiger partial charge on any atom is -0.207 e. The van der Waals surface area contributed by atoms with E-state index in [1.165, 1.54) is 0 Å². The third kappa shape index (κ3) is 8.34. The van der Waals surface area contributed by atoms with Crippen molar-refractivity contribution in [2.24, 2.45) is 0 Å². The second-order valence-corrected chi connectivity index (χ2v) is 16.6. The van der Waals surface area contributed by atoms with Crippen LogP contribution in [0.3, 0.4) is 0 Å². The van der Waals surface area contributed by atoms with Crippen molar-refractivity contribution in [2.45, 2.75) is 5.75 Å². The van der Waals surface area contributed by atoms with E-state index in [9.17, 15) is 56.9 Å². The highest BCUT2D eigenvalue weighted by atomic mass is 79.9. The van der Waals surface area contributed by atoms with Gasteiger partial charge in [-0.25, -0.2) is 87.8 Å². The molecule has 0 aliphatic heterocycles. The molecular formula is C40H14BBrF20OS. The standard InChI is InChI=1S/C24BF20.C16H14BrOS/c26-5-1(6(27)14(35)21(42)13(5)34)25(2-7(28)15(36)22(43)16(37)8(2)29,3-9(30)17(38)23(44)18(39)10(3)31)4-11(32)19(40)24(45)20(41)12(4)33;1-19(18,12-11-14-5-3-2-4-6-14)13-15-7-9-16(17)10-8-15/h;2-10H,13H2,1H3/q-1;+1. The summed E-state index contributed by atoms with van der Waals surface area (Å²) in [6.45, 7) is 0. The van der Waals surface area contributed by atoms with Gasteiger partial charge in [-0.15, -0.1) is 21.9 Å². The lowest BCUT2D eigenvalue weighted by Gasteiger charge is -2.44. The van der Waals surface area contributed by atoms with Gasteiger partial charge < -0.3 is 0 Å². The molecule has 336 valence electrons. The third-order valence-electron chi connectivity index (χ3n) is 9.25. The fourth-order valence-corrected chi connectivity index (χ4v) is 8.00. The summed E-state index contributed by atoms with van der Waals surface area (Å²) < 4.78 is 307. The summed E-state index contributed by atoms with van der Waals surface area (Å²) in [5.74, 6) is -67.9. The summed E-state index contributed by atoms with van der Waals surface area (Å²) in [4.78, 5) is 0. The Morgan fingerprint density at radius 3 is 0.922 bits per heavy atom. The lowest BCUT2D eigenvalue weighted by atomic mass is 9.12. The first kappa shape index (κ1) is 49.2. The summed E-state index contributed by atoms with van der Waals surface area (Å²) >= 11 is 3.39. The van der Waals surface area contributed by atoms with Gasteiger partial charge in [0.15, 0.2) is 85.0 Å². The molecule has 6 aromatic carbocycles. The molecule has 0 heterocycles. The van der Waals surface area contributed by atoms with Crippen LogP contribution < -0.4 is 21.9 Å². The van der Waals surface area contributed by atoms with Crippen LogP contribution in [0.25, 0.3) is 0 Å². The van der Waals surface area contributed by atoms with Crippen molar-refractivity contribution in [2.75, 3.05) is 6.26 Å². The fourth-order valence-electron chi connectivity index (χ4n) is 6.50. The van der Waals surface area contributed by atoms with Crippen molar-refractivity contribution >= 4 is 53.9 Å². The average Bonchev–Trinajstić information content (AvgIpc) is 3.27. The first-order chi connectivity index (χ1) is 29.8. The van der Waals surface area contributed by atoms with Crippen LogP contribution in [0.5, 0.6) is 0 Å². The molecule has 0 fully saturated rings. The normalized spacial score (nSPS) is 12.3. The van der Waals surface area contributed by atoms with Crippen LogP contribution in [-0.4, -0.2) is 12.4 Å². The second kappa shape index (κ2) is 18.3. The van der Waals surface area contributed by atoms with Crippen LogP contribution in [0.15, 0.2) is 59.1 Å². The number of rotatable bonds is 6. The van der Waals surface area contributed by atoms with E-state index in [-0.39, 0.29) is 0 Å². The first-order valence-corrected chi connectivity index (χ1v) is 19.7. The molecule has 1 atom stereocenters. The Balaban J connectivity index is 0.000000337. The molecule has 0 spiro atoms. The molecule has 6 aromatic rings. The van der Waals surface area contributed by atoms with Crippen molar-refractivity contribution in [1.29, 1.82) is 0 Å². The molecule has 64 heavy (non-hydrogen) atoms. The van der Waals surface area contributed by atoms with Crippen molar-refractivity contribution in [3.8, 4) is 11.2 Å². The van der Waals surface area contributed by atoms with E-state index in [0.717, 1.165) is 15.6 Å². The van der Waals surface area contributed by atoms with Gasteiger partial charge in [-0.3, -0.25) is 0 Å². The van der Waals surface area contributed by atoms with Gasteiger partial charge >= 0.3 is 0 Å². The molecule has 0 saturated heterocycles. The maximum atomic E-state index is 15.4. The van der Waals surface area contributed by atoms with E-state index in [1.54, 1.807) is 6.26 Å². The average molecular weight is 1010 g/mol. The maximum Gasteiger partial charge on any atom is 0.200 e.